The van der Waals surface area contributed by atoms with Crippen molar-refractivity contribution >= 4 is 5.91 Å². The molecule has 2 aliphatic heterocycles. The lowest BCUT2D eigenvalue weighted by Gasteiger charge is -2.40. The average Bonchev–Trinajstić information content (AvgIpc) is 2.06. The number of likely N-dealkylation sites (tertiary alicyclic amines) is 1. The van der Waals surface area contributed by atoms with Gasteiger partial charge < -0.3 is 15.1 Å². The third-order valence-electron chi connectivity index (χ3n) is 2.81. The number of carbonyl (C=O) groups excluding carboxylic acids is 1. The van der Waals surface area contributed by atoms with E-state index in [1.165, 1.54) is 0 Å². The van der Waals surface area contributed by atoms with E-state index in [1.54, 1.807) is 0 Å². The summed E-state index contributed by atoms with van der Waals surface area (Å²) in [4.78, 5) is 15.7. The molecule has 0 spiro atoms. The number of hydrogen-bond acceptors (Lipinski definition) is 3. The molecule has 0 saturated carbocycles. The Morgan fingerprint density at radius 1 is 1.54 bits per heavy atom. The number of rotatable bonds is 2. The number of hydrogen-bond donors (Lipinski definition) is 1. The van der Waals surface area contributed by atoms with Crippen LogP contribution in [0, 0.1) is 5.92 Å². The maximum absolute atomic E-state index is 11.4. The maximum Gasteiger partial charge on any atom is 0.236 e. The molecular formula is C9H17N3O. The molecule has 2 fully saturated rings. The Labute approximate surface area is 78.9 Å². The number of nitrogens with zero attached hydrogens (tertiary/aromatic N) is 2. The summed E-state index contributed by atoms with van der Waals surface area (Å²) in [5, 5.41) is 3.08. The maximum atomic E-state index is 11.4. The van der Waals surface area contributed by atoms with Crippen molar-refractivity contribution in [3.8, 4) is 0 Å². The van der Waals surface area contributed by atoms with Gasteiger partial charge in [0.15, 0.2) is 0 Å². The second-order valence-corrected chi connectivity index (χ2v) is 4.10. The molecule has 2 saturated heterocycles. The summed E-state index contributed by atoms with van der Waals surface area (Å²) >= 11 is 0. The van der Waals surface area contributed by atoms with Crippen molar-refractivity contribution < 1.29 is 4.79 Å². The molecule has 13 heavy (non-hydrogen) atoms. The molecule has 4 heteroatoms. The summed E-state index contributed by atoms with van der Waals surface area (Å²) in [5.41, 5.74) is 0. The van der Waals surface area contributed by atoms with E-state index in [0.717, 1.165) is 32.7 Å². The number of carbonyl (C=O) groups is 1. The Balaban J connectivity index is 1.76. The second-order valence-electron chi connectivity index (χ2n) is 4.10. The van der Waals surface area contributed by atoms with E-state index in [4.69, 9.17) is 0 Å². The Bertz CT molecular complexity index is 201. The molecule has 4 nitrogen and oxygen atoms in total. The van der Waals surface area contributed by atoms with Gasteiger partial charge in [-0.25, -0.2) is 0 Å². The molecule has 2 rings (SSSR count). The van der Waals surface area contributed by atoms with Crippen molar-refractivity contribution in [3.05, 3.63) is 0 Å². The van der Waals surface area contributed by atoms with E-state index in [0.29, 0.717) is 12.5 Å². The van der Waals surface area contributed by atoms with Gasteiger partial charge in [-0.05, 0) is 7.05 Å². The van der Waals surface area contributed by atoms with E-state index in [-0.39, 0.29) is 5.91 Å². The van der Waals surface area contributed by atoms with Crippen LogP contribution in [0.1, 0.15) is 0 Å². The van der Waals surface area contributed by atoms with Gasteiger partial charge in [0.25, 0.3) is 0 Å². The SMILES string of the molecule is CN1CC(CN2CCNCC2=O)C1. The number of piperazine rings is 1. The van der Waals surface area contributed by atoms with Gasteiger partial charge in [-0.3, -0.25) is 4.79 Å². The second kappa shape index (κ2) is 3.64. The van der Waals surface area contributed by atoms with Crippen LogP contribution >= 0.6 is 0 Å². The Hall–Kier alpha value is -0.610. The predicted molar refractivity (Wildman–Crippen MR) is 50.4 cm³/mol. The molecule has 0 unspecified atom stereocenters. The van der Waals surface area contributed by atoms with E-state index in [2.05, 4.69) is 17.3 Å². The van der Waals surface area contributed by atoms with Crippen molar-refractivity contribution in [1.29, 1.82) is 0 Å². The van der Waals surface area contributed by atoms with E-state index in [9.17, 15) is 4.79 Å². The third kappa shape index (κ3) is 2.00. The standard InChI is InChI=1S/C9H17N3O/c1-11-5-8(6-11)7-12-3-2-10-4-9(12)13/h8,10H,2-7H2,1H3. The molecule has 1 amide bonds. The van der Waals surface area contributed by atoms with Crippen LogP contribution in [0.5, 0.6) is 0 Å². The lowest BCUT2D eigenvalue weighted by Crippen LogP contribution is -2.55. The van der Waals surface area contributed by atoms with Crippen LogP contribution in [0.25, 0.3) is 0 Å². The van der Waals surface area contributed by atoms with Crippen LogP contribution in [-0.4, -0.2) is 62.0 Å². The van der Waals surface area contributed by atoms with E-state index >= 15 is 0 Å². The Morgan fingerprint density at radius 2 is 2.31 bits per heavy atom. The largest absolute Gasteiger partial charge is 0.340 e. The van der Waals surface area contributed by atoms with Crippen molar-refractivity contribution in [2.75, 3.05) is 46.3 Å². The van der Waals surface area contributed by atoms with E-state index in [1.807, 2.05) is 4.90 Å². The lowest BCUT2D eigenvalue weighted by atomic mass is 10.0. The molecule has 2 aliphatic rings. The van der Waals surface area contributed by atoms with Crippen LogP contribution in [0.3, 0.4) is 0 Å². The third-order valence-corrected chi connectivity index (χ3v) is 2.81. The normalized spacial score (nSPS) is 26.2. The molecule has 0 aromatic carbocycles. The highest BCUT2D eigenvalue weighted by atomic mass is 16.2. The van der Waals surface area contributed by atoms with Crippen LogP contribution in [0.15, 0.2) is 0 Å². The summed E-state index contributed by atoms with van der Waals surface area (Å²) in [6.07, 6.45) is 0. The van der Waals surface area contributed by atoms with Crippen molar-refractivity contribution in [1.82, 2.24) is 15.1 Å². The molecule has 1 N–H and O–H groups in total. The topological polar surface area (TPSA) is 35.6 Å². The first-order valence-corrected chi connectivity index (χ1v) is 4.93. The first kappa shape index (κ1) is 8.97. The van der Waals surface area contributed by atoms with Gasteiger partial charge in [0.2, 0.25) is 5.91 Å². The van der Waals surface area contributed by atoms with Crippen molar-refractivity contribution in [3.63, 3.8) is 0 Å². The zero-order chi connectivity index (χ0) is 9.26. The fourth-order valence-corrected chi connectivity index (χ4v) is 2.09. The fraction of sp³-hybridized carbons (Fsp3) is 0.889. The molecule has 0 aromatic rings. The summed E-state index contributed by atoms with van der Waals surface area (Å²) in [5.74, 6) is 0.979. The molecular weight excluding hydrogens is 166 g/mol. The van der Waals surface area contributed by atoms with Gasteiger partial charge in [-0.1, -0.05) is 0 Å². The van der Waals surface area contributed by atoms with Crippen LogP contribution in [-0.2, 0) is 4.79 Å². The minimum absolute atomic E-state index is 0.265. The molecule has 0 bridgehead atoms. The van der Waals surface area contributed by atoms with Gasteiger partial charge in [0, 0.05) is 38.6 Å². The highest BCUT2D eigenvalue weighted by Gasteiger charge is 2.27. The average molecular weight is 183 g/mol. The van der Waals surface area contributed by atoms with Gasteiger partial charge in [-0.15, -0.1) is 0 Å². The number of amides is 1. The molecule has 0 aromatic heterocycles. The predicted octanol–water partition coefficient (Wildman–Crippen LogP) is -1.02. The fourth-order valence-electron chi connectivity index (χ4n) is 2.09. The lowest BCUT2D eigenvalue weighted by molar-refractivity contribution is -0.133. The zero-order valence-electron chi connectivity index (χ0n) is 8.12. The summed E-state index contributed by atoms with van der Waals surface area (Å²) in [6.45, 7) is 5.63. The number of nitrogens with one attached hydrogen (secondary N) is 1. The molecule has 0 radical (unpaired) electrons. The van der Waals surface area contributed by atoms with Gasteiger partial charge >= 0.3 is 0 Å². The minimum Gasteiger partial charge on any atom is -0.340 e. The quantitative estimate of drug-likeness (QED) is 0.595. The van der Waals surface area contributed by atoms with Gasteiger partial charge in [0.05, 0.1) is 6.54 Å². The molecule has 74 valence electrons. The van der Waals surface area contributed by atoms with Crippen LogP contribution in [0.2, 0.25) is 0 Å². The highest BCUT2D eigenvalue weighted by molar-refractivity contribution is 5.79. The minimum atomic E-state index is 0.265. The molecule has 0 aliphatic carbocycles. The smallest absolute Gasteiger partial charge is 0.236 e. The zero-order valence-corrected chi connectivity index (χ0v) is 8.12. The monoisotopic (exact) mass is 183 g/mol. The summed E-state index contributed by atoms with van der Waals surface area (Å²) in [7, 11) is 2.12. The molecule has 0 atom stereocenters. The summed E-state index contributed by atoms with van der Waals surface area (Å²) in [6, 6.07) is 0. The van der Waals surface area contributed by atoms with Crippen LogP contribution < -0.4 is 5.32 Å². The van der Waals surface area contributed by atoms with Crippen LogP contribution in [0.4, 0.5) is 0 Å². The van der Waals surface area contributed by atoms with E-state index < -0.39 is 0 Å². The van der Waals surface area contributed by atoms with Crippen molar-refractivity contribution in [2.24, 2.45) is 5.92 Å². The first-order chi connectivity index (χ1) is 6.25. The Kier molecular flexibility index (Phi) is 2.51. The Morgan fingerprint density at radius 3 is 2.92 bits per heavy atom. The van der Waals surface area contributed by atoms with Gasteiger partial charge in [0.1, 0.15) is 0 Å². The molecule has 2 heterocycles. The van der Waals surface area contributed by atoms with Crippen molar-refractivity contribution in [2.45, 2.75) is 0 Å². The summed E-state index contributed by atoms with van der Waals surface area (Å²) < 4.78 is 0. The van der Waals surface area contributed by atoms with Gasteiger partial charge in [-0.2, -0.15) is 0 Å². The first-order valence-electron chi connectivity index (χ1n) is 4.93. The highest BCUT2D eigenvalue weighted by Crippen LogP contribution is 2.14.